The van der Waals surface area contributed by atoms with Crippen molar-refractivity contribution in [1.29, 1.82) is 0 Å². The minimum Gasteiger partial charge on any atom is -0.508 e. The van der Waals surface area contributed by atoms with Gasteiger partial charge in [-0.1, -0.05) is 0 Å². The van der Waals surface area contributed by atoms with Gasteiger partial charge in [0, 0.05) is 6.92 Å². The zero-order valence-corrected chi connectivity index (χ0v) is 11.3. The predicted molar refractivity (Wildman–Crippen MR) is 73.4 cm³/mol. The van der Waals surface area contributed by atoms with Gasteiger partial charge in [0.1, 0.15) is 10.8 Å². The maximum absolute atomic E-state index is 10.8. The van der Waals surface area contributed by atoms with Gasteiger partial charge in [0.05, 0.1) is 16.0 Å². The largest absolute Gasteiger partial charge is 0.508 e. The maximum atomic E-state index is 10.8. The monoisotopic (exact) mass is 282 g/mol. The van der Waals surface area contributed by atoms with E-state index in [4.69, 9.17) is 5.73 Å². The average molecular weight is 282 g/mol. The number of thioether (sulfide) groups is 1. The highest BCUT2D eigenvalue weighted by atomic mass is 32.2. The molecule has 0 aliphatic carbocycles. The highest BCUT2D eigenvalue weighted by Crippen LogP contribution is 2.27. The number of phenolic OH excluding ortho intramolecular Hbond substituents is 1. The van der Waals surface area contributed by atoms with Crippen LogP contribution in [-0.4, -0.2) is 21.2 Å². The molecule has 1 heterocycles. The molecule has 18 heavy (non-hydrogen) atoms. The first-order valence-electron chi connectivity index (χ1n) is 5.16. The van der Waals surface area contributed by atoms with Gasteiger partial charge in [0.2, 0.25) is 0 Å². The van der Waals surface area contributed by atoms with Crippen molar-refractivity contribution in [3.8, 4) is 5.75 Å². The van der Waals surface area contributed by atoms with Gasteiger partial charge in [0.15, 0.2) is 0 Å². The van der Waals surface area contributed by atoms with E-state index in [1.54, 1.807) is 18.2 Å². The second kappa shape index (κ2) is 5.36. The number of nitrogens with two attached hydrogens (primary N) is 1. The minimum atomic E-state index is -0.186. The SMILES string of the molecule is CC(=O)[NH+]=C(N)SCc1nc2ccc(O)cc2s1. The summed E-state index contributed by atoms with van der Waals surface area (Å²) in [5.41, 5.74) is 6.48. The number of nitrogens with one attached hydrogen (secondary N) is 1. The Morgan fingerprint density at radius 1 is 1.61 bits per heavy atom. The van der Waals surface area contributed by atoms with Crippen LogP contribution in [0.3, 0.4) is 0 Å². The molecule has 1 aromatic heterocycles. The van der Waals surface area contributed by atoms with Gasteiger partial charge in [-0.05, 0) is 30.0 Å². The molecule has 0 radical (unpaired) electrons. The van der Waals surface area contributed by atoms with E-state index in [0.29, 0.717) is 10.9 Å². The lowest BCUT2D eigenvalue weighted by Crippen LogP contribution is -2.77. The summed E-state index contributed by atoms with van der Waals surface area (Å²) in [7, 11) is 0. The van der Waals surface area contributed by atoms with Gasteiger partial charge in [0.25, 0.3) is 0 Å². The number of benzene rings is 1. The van der Waals surface area contributed by atoms with Crippen LogP contribution in [0.25, 0.3) is 10.2 Å². The molecule has 4 N–H and O–H groups in total. The Balaban J connectivity index is 2.11. The number of aromatic hydroxyl groups is 1. The third kappa shape index (κ3) is 3.21. The number of carbonyl (C=O) groups excluding carboxylic acids is 1. The average Bonchev–Trinajstić information content (AvgIpc) is 2.67. The Morgan fingerprint density at radius 3 is 3.11 bits per heavy atom. The van der Waals surface area contributed by atoms with E-state index in [1.165, 1.54) is 30.0 Å². The third-order valence-corrected chi connectivity index (χ3v) is 4.10. The van der Waals surface area contributed by atoms with Gasteiger partial charge in [-0.25, -0.2) is 14.8 Å². The first-order chi connectivity index (χ1) is 8.54. The van der Waals surface area contributed by atoms with Crippen LogP contribution in [0.2, 0.25) is 0 Å². The molecule has 0 atom stereocenters. The smallest absolute Gasteiger partial charge is 0.309 e. The van der Waals surface area contributed by atoms with E-state index < -0.39 is 0 Å². The molecule has 5 nitrogen and oxygen atoms in total. The van der Waals surface area contributed by atoms with Gasteiger partial charge in [-0.2, -0.15) is 0 Å². The van der Waals surface area contributed by atoms with Gasteiger partial charge in [-0.15, -0.1) is 11.3 Å². The summed E-state index contributed by atoms with van der Waals surface area (Å²) in [5.74, 6) is 0.635. The molecule has 0 spiro atoms. The van der Waals surface area contributed by atoms with Crippen molar-refractivity contribution >= 4 is 44.4 Å². The van der Waals surface area contributed by atoms with Crippen molar-refractivity contribution in [2.75, 3.05) is 0 Å². The van der Waals surface area contributed by atoms with Crippen LogP contribution in [0, 0.1) is 0 Å². The van der Waals surface area contributed by atoms with Crippen molar-refractivity contribution < 1.29 is 14.9 Å². The predicted octanol–water partition coefficient (Wildman–Crippen LogP) is 0.177. The molecule has 2 rings (SSSR count). The highest BCUT2D eigenvalue weighted by Gasteiger charge is 2.08. The molecule has 1 aromatic carbocycles. The summed E-state index contributed by atoms with van der Waals surface area (Å²) in [6.45, 7) is 1.41. The van der Waals surface area contributed by atoms with E-state index in [2.05, 4.69) is 9.98 Å². The highest BCUT2D eigenvalue weighted by molar-refractivity contribution is 8.12. The molecule has 0 saturated heterocycles. The molecule has 0 aliphatic rings. The lowest BCUT2D eigenvalue weighted by molar-refractivity contribution is -0.372. The summed E-state index contributed by atoms with van der Waals surface area (Å²) in [4.78, 5) is 17.7. The molecule has 94 valence electrons. The quantitative estimate of drug-likeness (QED) is 0.540. The number of rotatable bonds is 2. The van der Waals surface area contributed by atoms with Crippen LogP contribution in [0.1, 0.15) is 11.9 Å². The topological polar surface area (TPSA) is 90.2 Å². The Morgan fingerprint density at radius 2 is 2.39 bits per heavy atom. The summed E-state index contributed by atoms with van der Waals surface area (Å²) in [6.07, 6.45) is 0. The van der Waals surface area contributed by atoms with Gasteiger partial charge < -0.3 is 5.11 Å². The molecule has 7 heteroatoms. The van der Waals surface area contributed by atoms with Crippen molar-refractivity contribution in [3.63, 3.8) is 0 Å². The van der Waals surface area contributed by atoms with Gasteiger partial charge in [-0.3, -0.25) is 5.73 Å². The number of hydrogen-bond donors (Lipinski definition) is 3. The molecule has 0 unspecified atom stereocenters. The number of amidine groups is 1. The first-order valence-corrected chi connectivity index (χ1v) is 6.96. The van der Waals surface area contributed by atoms with Crippen LogP contribution in [0.5, 0.6) is 5.75 Å². The second-order valence-electron chi connectivity index (χ2n) is 3.59. The van der Waals surface area contributed by atoms with E-state index in [9.17, 15) is 9.90 Å². The van der Waals surface area contributed by atoms with E-state index in [1.807, 2.05) is 0 Å². The number of phenols is 1. The van der Waals surface area contributed by atoms with E-state index >= 15 is 0 Å². The first kappa shape index (κ1) is 12.8. The molecule has 0 bridgehead atoms. The number of hydrogen-bond acceptors (Lipinski definition) is 5. The standard InChI is InChI=1S/C11H11N3O2S2/c1-6(15)13-11(12)17-5-10-14-8-3-2-7(16)4-9(8)18-10/h2-4,16H,5H2,1H3,(H2,12,13,15)/p+1. The van der Waals surface area contributed by atoms with Gasteiger partial charge >= 0.3 is 11.1 Å². The van der Waals surface area contributed by atoms with Crippen molar-refractivity contribution in [2.24, 2.45) is 5.73 Å². The molecule has 1 amide bonds. The number of thiazole rings is 1. The summed E-state index contributed by atoms with van der Waals surface area (Å²) in [5, 5.41) is 10.6. The third-order valence-electron chi connectivity index (χ3n) is 2.07. The number of fused-ring (bicyclic) bond motifs is 1. The number of nitrogens with zero attached hydrogens (tertiary/aromatic N) is 1. The molecular weight excluding hydrogens is 270 g/mol. The zero-order valence-electron chi connectivity index (χ0n) is 9.64. The molecule has 0 saturated carbocycles. The minimum absolute atomic E-state index is 0.186. The van der Waals surface area contributed by atoms with Crippen molar-refractivity contribution in [2.45, 2.75) is 12.7 Å². The van der Waals surface area contributed by atoms with Crippen LogP contribution >= 0.6 is 23.1 Å². The Kier molecular flexibility index (Phi) is 3.83. The van der Waals surface area contributed by atoms with Crippen molar-refractivity contribution in [3.05, 3.63) is 23.2 Å². The second-order valence-corrected chi connectivity index (χ2v) is 5.73. The molecule has 2 aromatic rings. The Labute approximate surface area is 112 Å². The Bertz CT molecular complexity index is 622. The lowest BCUT2D eigenvalue weighted by atomic mass is 10.3. The molecule has 0 aliphatic heterocycles. The summed E-state index contributed by atoms with van der Waals surface area (Å²) >= 11 is 2.82. The lowest BCUT2D eigenvalue weighted by Gasteiger charge is -1.91. The number of amides is 1. The summed E-state index contributed by atoms with van der Waals surface area (Å²) < 4.78 is 0.934. The fraction of sp³-hybridized carbons (Fsp3) is 0.182. The maximum Gasteiger partial charge on any atom is 0.309 e. The Hall–Kier alpha value is -1.60. The van der Waals surface area contributed by atoms with Crippen LogP contribution in [0.15, 0.2) is 18.2 Å². The number of carbonyl (C=O) groups is 1. The normalized spacial score (nSPS) is 11.9. The van der Waals surface area contributed by atoms with Crippen molar-refractivity contribution in [1.82, 2.24) is 4.98 Å². The van der Waals surface area contributed by atoms with E-state index in [-0.39, 0.29) is 11.7 Å². The zero-order chi connectivity index (χ0) is 13.1. The fourth-order valence-corrected chi connectivity index (χ4v) is 3.14. The molecule has 0 fully saturated rings. The van der Waals surface area contributed by atoms with Crippen LogP contribution < -0.4 is 10.7 Å². The van der Waals surface area contributed by atoms with Crippen LogP contribution in [-0.2, 0) is 10.5 Å². The van der Waals surface area contributed by atoms with E-state index in [0.717, 1.165) is 15.2 Å². The number of aromatic nitrogens is 1. The van der Waals surface area contributed by atoms with Crippen LogP contribution in [0.4, 0.5) is 0 Å². The fourth-order valence-electron chi connectivity index (χ4n) is 1.37. The molecular formula is C11H12N3O2S2+. The summed E-state index contributed by atoms with van der Waals surface area (Å²) in [6, 6.07) is 5.06.